The molecule has 0 saturated heterocycles. The molecule has 1 atom stereocenters. The monoisotopic (exact) mass is 305 g/mol. The van der Waals surface area contributed by atoms with Gasteiger partial charge in [-0.15, -0.1) is 10.2 Å². The number of nitrogens with two attached hydrogens (primary N) is 1. The summed E-state index contributed by atoms with van der Waals surface area (Å²) in [6, 6.07) is 7.43. The molecule has 20 heavy (non-hydrogen) atoms. The molecular weight excluding hydrogens is 294 g/mol. The Morgan fingerprint density at radius 1 is 1.30 bits per heavy atom. The van der Waals surface area contributed by atoms with E-state index in [-0.39, 0.29) is 11.7 Å². The highest BCUT2D eigenvalue weighted by Crippen LogP contribution is 2.37. The number of nitrogen functional groups attached to an aromatic ring is 1. The minimum Gasteiger partial charge on any atom is -0.374 e. The van der Waals surface area contributed by atoms with Crippen LogP contribution in [0.25, 0.3) is 6.08 Å². The Morgan fingerprint density at radius 2 is 2.05 bits per heavy atom. The van der Waals surface area contributed by atoms with Crippen molar-refractivity contribution >= 4 is 39.9 Å². The molecule has 1 aliphatic rings. The van der Waals surface area contributed by atoms with Crippen molar-refractivity contribution in [3.05, 3.63) is 45.4 Å². The van der Waals surface area contributed by atoms with Crippen molar-refractivity contribution in [3.63, 3.8) is 0 Å². The number of allylic oxidation sites excluding steroid dienone is 1. The number of ketones is 1. The van der Waals surface area contributed by atoms with Gasteiger partial charge in [0.1, 0.15) is 5.01 Å². The van der Waals surface area contributed by atoms with E-state index in [0.29, 0.717) is 15.2 Å². The van der Waals surface area contributed by atoms with Gasteiger partial charge in [0.2, 0.25) is 5.13 Å². The molecule has 3 rings (SSSR count). The van der Waals surface area contributed by atoms with Gasteiger partial charge < -0.3 is 5.73 Å². The van der Waals surface area contributed by atoms with Gasteiger partial charge in [0.25, 0.3) is 0 Å². The lowest BCUT2D eigenvalue weighted by atomic mass is 10.1. The summed E-state index contributed by atoms with van der Waals surface area (Å²) in [4.78, 5) is 12.4. The van der Waals surface area contributed by atoms with Crippen molar-refractivity contribution in [1.82, 2.24) is 10.2 Å². The predicted octanol–water partition coefficient (Wildman–Crippen LogP) is 3.30. The summed E-state index contributed by atoms with van der Waals surface area (Å²) in [5, 5.41) is 9.56. The van der Waals surface area contributed by atoms with E-state index in [1.165, 1.54) is 11.3 Å². The van der Waals surface area contributed by atoms with Gasteiger partial charge in [-0.1, -0.05) is 35.1 Å². The summed E-state index contributed by atoms with van der Waals surface area (Å²) >= 11 is 7.14. The fourth-order valence-electron chi connectivity index (χ4n) is 2.30. The highest BCUT2D eigenvalue weighted by atomic mass is 35.5. The number of nitrogens with zero attached hydrogens (tertiary/aromatic N) is 2. The summed E-state index contributed by atoms with van der Waals surface area (Å²) in [6.45, 7) is 0. The van der Waals surface area contributed by atoms with E-state index < -0.39 is 0 Å². The van der Waals surface area contributed by atoms with Crippen LogP contribution in [0.3, 0.4) is 0 Å². The second kappa shape index (κ2) is 5.34. The smallest absolute Gasteiger partial charge is 0.203 e. The van der Waals surface area contributed by atoms with Crippen LogP contribution < -0.4 is 5.73 Å². The molecule has 1 aromatic heterocycles. The minimum atomic E-state index is -0.191. The third-order valence-electron chi connectivity index (χ3n) is 3.30. The maximum Gasteiger partial charge on any atom is 0.203 e. The average molecular weight is 306 g/mol. The number of rotatable bonds is 2. The normalized spacial score (nSPS) is 20.8. The van der Waals surface area contributed by atoms with E-state index >= 15 is 0 Å². The lowest BCUT2D eigenvalue weighted by Gasteiger charge is -2.01. The molecule has 1 aromatic carbocycles. The van der Waals surface area contributed by atoms with E-state index in [4.69, 9.17) is 17.3 Å². The number of halogens is 1. The van der Waals surface area contributed by atoms with Crippen molar-refractivity contribution in [1.29, 1.82) is 0 Å². The first-order valence-electron chi connectivity index (χ1n) is 6.23. The fraction of sp³-hybridized carbons (Fsp3) is 0.214. The van der Waals surface area contributed by atoms with Crippen LogP contribution >= 0.6 is 22.9 Å². The van der Waals surface area contributed by atoms with E-state index in [9.17, 15) is 4.79 Å². The quantitative estimate of drug-likeness (QED) is 0.864. The van der Waals surface area contributed by atoms with Crippen molar-refractivity contribution in [2.75, 3.05) is 5.73 Å². The van der Waals surface area contributed by atoms with Gasteiger partial charge in [-0.05, 0) is 42.2 Å². The molecule has 0 radical (unpaired) electrons. The largest absolute Gasteiger partial charge is 0.374 e. The average Bonchev–Trinajstić information content (AvgIpc) is 3.00. The Labute approximate surface area is 125 Å². The van der Waals surface area contributed by atoms with Gasteiger partial charge >= 0.3 is 0 Å². The maximum absolute atomic E-state index is 12.4. The fourth-order valence-corrected chi connectivity index (χ4v) is 3.18. The first-order valence-corrected chi connectivity index (χ1v) is 7.42. The second-order valence-electron chi connectivity index (χ2n) is 4.66. The molecule has 0 amide bonds. The Bertz CT molecular complexity index is 678. The van der Waals surface area contributed by atoms with Crippen LogP contribution in [0.5, 0.6) is 0 Å². The third kappa shape index (κ3) is 2.59. The zero-order valence-electron chi connectivity index (χ0n) is 10.5. The standard InChI is InChI=1S/C14H12ClN3OS/c15-10-4-1-8(2-5-10)7-9-3-6-11(12(9)19)13-17-18-14(16)20-13/h1-2,4-5,7,11H,3,6H2,(H2,16,18). The van der Waals surface area contributed by atoms with Gasteiger partial charge in [-0.3, -0.25) is 4.79 Å². The molecule has 1 fully saturated rings. The van der Waals surface area contributed by atoms with Crippen LogP contribution in [0.1, 0.15) is 29.3 Å². The van der Waals surface area contributed by atoms with Crippen LogP contribution in [0.4, 0.5) is 5.13 Å². The number of benzene rings is 1. The van der Waals surface area contributed by atoms with Crippen LogP contribution in [-0.2, 0) is 4.79 Å². The molecular formula is C14H12ClN3OS. The Hall–Kier alpha value is -1.72. The second-order valence-corrected chi connectivity index (χ2v) is 6.13. The molecule has 0 bridgehead atoms. The van der Waals surface area contributed by atoms with Gasteiger partial charge in [-0.25, -0.2) is 0 Å². The molecule has 102 valence electrons. The molecule has 2 aromatic rings. The van der Waals surface area contributed by atoms with Crippen molar-refractivity contribution < 1.29 is 4.79 Å². The highest BCUT2D eigenvalue weighted by Gasteiger charge is 2.33. The Balaban J connectivity index is 1.83. The van der Waals surface area contributed by atoms with Gasteiger partial charge in [-0.2, -0.15) is 0 Å². The highest BCUT2D eigenvalue weighted by molar-refractivity contribution is 7.15. The summed E-state index contributed by atoms with van der Waals surface area (Å²) in [7, 11) is 0. The summed E-state index contributed by atoms with van der Waals surface area (Å²) in [6.07, 6.45) is 3.45. The Kier molecular flexibility index (Phi) is 3.54. The molecule has 2 N–H and O–H groups in total. The van der Waals surface area contributed by atoms with E-state index in [1.807, 2.05) is 30.3 Å². The van der Waals surface area contributed by atoms with E-state index in [2.05, 4.69) is 10.2 Å². The van der Waals surface area contributed by atoms with Crippen molar-refractivity contribution in [3.8, 4) is 0 Å². The van der Waals surface area contributed by atoms with Crippen molar-refractivity contribution in [2.24, 2.45) is 0 Å². The van der Waals surface area contributed by atoms with Crippen LogP contribution in [-0.4, -0.2) is 16.0 Å². The maximum atomic E-state index is 12.4. The molecule has 1 aliphatic carbocycles. The number of carbonyl (C=O) groups is 1. The van der Waals surface area contributed by atoms with Crippen LogP contribution in [0.2, 0.25) is 5.02 Å². The molecule has 0 aliphatic heterocycles. The van der Waals surface area contributed by atoms with E-state index in [1.54, 1.807) is 0 Å². The lowest BCUT2D eigenvalue weighted by molar-refractivity contribution is -0.115. The molecule has 1 unspecified atom stereocenters. The minimum absolute atomic E-state index is 0.121. The molecule has 1 heterocycles. The summed E-state index contributed by atoms with van der Waals surface area (Å²) in [5.74, 6) is -0.0700. The molecule has 0 spiro atoms. The lowest BCUT2D eigenvalue weighted by Crippen LogP contribution is -2.05. The van der Waals surface area contributed by atoms with Crippen LogP contribution in [0.15, 0.2) is 29.8 Å². The zero-order chi connectivity index (χ0) is 14.1. The third-order valence-corrected chi connectivity index (χ3v) is 4.42. The Morgan fingerprint density at radius 3 is 2.70 bits per heavy atom. The first-order chi connectivity index (χ1) is 9.63. The number of hydrogen-bond donors (Lipinski definition) is 1. The topological polar surface area (TPSA) is 68.9 Å². The number of anilines is 1. The van der Waals surface area contributed by atoms with Gasteiger partial charge in [0.05, 0.1) is 5.92 Å². The number of carbonyl (C=O) groups excluding carboxylic acids is 1. The van der Waals surface area contributed by atoms with Gasteiger partial charge in [0.15, 0.2) is 5.78 Å². The molecule has 1 saturated carbocycles. The molecule has 6 heteroatoms. The first kappa shape index (κ1) is 13.3. The summed E-state index contributed by atoms with van der Waals surface area (Å²) in [5.41, 5.74) is 7.38. The SMILES string of the molecule is Nc1nnc(C2CCC(=Cc3ccc(Cl)cc3)C2=O)s1. The van der Waals surface area contributed by atoms with Gasteiger partial charge in [0, 0.05) is 5.02 Å². The number of Topliss-reactive ketones (excluding diaryl/α,β-unsaturated/α-hetero) is 1. The number of aromatic nitrogens is 2. The predicted molar refractivity (Wildman–Crippen MR) is 80.7 cm³/mol. The molecule has 4 nitrogen and oxygen atoms in total. The van der Waals surface area contributed by atoms with Crippen LogP contribution in [0, 0.1) is 0 Å². The zero-order valence-corrected chi connectivity index (χ0v) is 12.1. The summed E-state index contributed by atoms with van der Waals surface area (Å²) < 4.78 is 0. The number of hydrogen-bond acceptors (Lipinski definition) is 5. The van der Waals surface area contributed by atoms with E-state index in [0.717, 1.165) is 24.0 Å². The van der Waals surface area contributed by atoms with Crippen molar-refractivity contribution in [2.45, 2.75) is 18.8 Å².